The minimum atomic E-state index is -3.07. The van der Waals surface area contributed by atoms with E-state index in [-0.39, 0.29) is 18.1 Å². The van der Waals surface area contributed by atoms with Crippen LogP contribution >= 0.6 is 11.6 Å². The summed E-state index contributed by atoms with van der Waals surface area (Å²) in [7, 11) is -3.07. The molecule has 1 fully saturated rings. The number of esters is 1. The Labute approximate surface area is 145 Å². The molecule has 1 N–H and O–H groups in total. The quantitative estimate of drug-likeness (QED) is 0.741. The SMILES string of the molecule is Cc1cc(Cl)ccc1OCC(=O)OCC(=O)N[C@H]1CCS(=O)(=O)C1. The van der Waals surface area contributed by atoms with Gasteiger partial charge in [0.1, 0.15) is 5.75 Å². The summed E-state index contributed by atoms with van der Waals surface area (Å²) in [5.74, 6) is -0.749. The normalized spacial score (nSPS) is 18.8. The molecule has 1 saturated heterocycles. The second-order valence-corrected chi connectivity index (χ2v) is 8.19. The number of rotatable bonds is 6. The van der Waals surface area contributed by atoms with Gasteiger partial charge in [-0.2, -0.15) is 0 Å². The number of hydrogen-bond acceptors (Lipinski definition) is 6. The van der Waals surface area contributed by atoms with Gasteiger partial charge in [0.15, 0.2) is 23.1 Å². The van der Waals surface area contributed by atoms with Gasteiger partial charge in [-0.05, 0) is 37.1 Å². The van der Waals surface area contributed by atoms with E-state index in [1.807, 2.05) is 0 Å². The van der Waals surface area contributed by atoms with E-state index in [1.165, 1.54) is 0 Å². The maximum Gasteiger partial charge on any atom is 0.344 e. The Morgan fingerprint density at radius 1 is 1.33 bits per heavy atom. The van der Waals surface area contributed by atoms with Crippen LogP contribution < -0.4 is 10.1 Å². The number of carbonyl (C=O) groups excluding carboxylic acids is 2. The molecule has 132 valence electrons. The summed E-state index contributed by atoms with van der Waals surface area (Å²) >= 11 is 5.82. The lowest BCUT2D eigenvalue weighted by Crippen LogP contribution is -2.38. The molecular weight excluding hydrogens is 358 g/mol. The van der Waals surface area contributed by atoms with E-state index in [1.54, 1.807) is 25.1 Å². The zero-order valence-electron chi connectivity index (χ0n) is 13.1. The van der Waals surface area contributed by atoms with Gasteiger partial charge >= 0.3 is 5.97 Å². The minimum Gasteiger partial charge on any atom is -0.482 e. The first-order valence-electron chi connectivity index (χ1n) is 7.29. The van der Waals surface area contributed by atoms with Gasteiger partial charge in [0, 0.05) is 11.1 Å². The van der Waals surface area contributed by atoms with E-state index < -0.39 is 34.4 Å². The molecule has 0 saturated carbocycles. The van der Waals surface area contributed by atoms with Crippen molar-refractivity contribution in [2.75, 3.05) is 24.7 Å². The Morgan fingerprint density at radius 3 is 2.71 bits per heavy atom. The van der Waals surface area contributed by atoms with Crippen LogP contribution in [0.1, 0.15) is 12.0 Å². The van der Waals surface area contributed by atoms with Gasteiger partial charge < -0.3 is 14.8 Å². The molecule has 1 aromatic rings. The van der Waals surface area contributed by atoms with E-state index in [9.17, 15) is 18.0 Å². The van der Waals surface area contributed by atoms with Crippen LogP contribution in [0, 0.1) is 6.92 Å². The lowest BCUT2D eigenvalue weighted by Gasteiger charge is -2.12. The van der Waals surface area contributed by atoms with Gasteiger partial charge in [0.05, 0.1) is 11.5 Å². The lowest BCUT2D eigenvalue weighted by atomic mass is 10.2. The highest BCUT2D eigenvalue weighted by molar-refractivity contribution is 7.91. The molecule has 0 radical (unpaired) electrons. The van der Waals surface area contributed by atoms with Crippen LogP contribution in [0.5, 0.6) is 5.75 Å². The van der Waals surface area contributed by atoms with Crippen molar-refractivity contribution in [3.05, 3.63) is 28.8 Å². The largest absolute Gasteiger partial charge is 0.482 e. The summed E-state index contributed by atoms with van der Waals surface area (Å²) in [6.07, 6.45) is 0.376. The maximum absolute atomic E-state index is 11.6. The van der Waals surface area contributed by atoms with Gasteiger partial charge in [-0.3, -0.25) is 4.79 Å². The molecule has 2 rings (SSSR count). The molecule has 0 bridgehead atoms. The van der Waals surface area contributed by atoms with Crippen LogP contribution in [0.25, 0.3) is 0 Å². The van der Waals surface area contributed by atoms with E-state index in [0.717, 1.165) is 5.56 Å². The maximum atomic E-state index is 11.6. The molecule has 1 aliphatic heterocycles. The number of halogens is 1. The Hall–Kier alpha value is -1.80. The fourth-order valence-corrected chi connectivity index (χ4v) is 4.18. The summed E-state index contributed by atoms with van der Waals surface area (Å²) in [4.78, 5) is 23.2. The molecule has 1 atom stereocenters. The first kappa shape index (κ1) is 18.5. The van der Waals surface area contributed by atoms with Gasteiger partial charge in [-0.15, -0.1) is 0 Å². The van der Waals surface area contributed by atoms with Crippen LogP contribution in [-0.2, 0) is 24.2 Å². The first-order chi connectivity index (χ1) is 11.2. The van der Waals surface area contributed by atoms with Crippen molar-refractivity contribution >= 4 is 33.3 Å². The summed E-state index contributed by atoms with van der Waals surface area (Å²) in [5.41, 5.74) is 0.774. The molecule has 9 heteroatoms. The summed E-state index contributed by atoms with van der Waals surface area (Å²) in [6, 6.07) is 4.55. The Morgan fingerprint density at radius 2 is 2.08 bits per heavy atom. The number of aryl methyl sites for hydroxylation is 1. The van der Waals surface area contributed by atoms with Crippen molar-refractivity contribution in [3.8, 4) is 5.75 Å². The zero-order valence-corrected chi connectivity index (χ0v) is 14.7. The molecule has 0 spiro atoms. The molecular formula is C15H18ClNO6S. The Bertz CT molecular complexity index is 733. The molecule has 0 unspecified atom stereocenters. The Kier molecular flexibility index (Phi) is 6.06. The summed E-state index contributed by atoms with van der Waals surface area (Å²) in [6.45, 7) is 0.974. The topological polar surface area (TPSA) is 98.8 Å². The Balaban J connectivity index is 1.70. The van der Waals surface area contributed by atoms with E-state index in [0.29, 0.717) is 17.2 Å². The third-order valence-corrected chi connectivity index (χ3v) is 5.45. The fraction of sp³-hybridized carbons (Fsp3) is 0.467. The van der Waals surface area contributed by atoms with E-state index in [2.05, 4.69) is 5.32 Å². The number of amides is 1. The zero-order chi connectivity index (χ0) is 17.7. The van der Waals surface area contributed by atoms with Crippen molar-refractivity contribution in [1.82, 2.24) is 5.32 Å². The van der Waals surface area contributed by atoms with Crippen LogP contribution in [0.3, 0.4) is 0 Å². The van der Waals surface area contributed by atoms with Crippen LogP contribution in [0.4, 0.5) is 0 Å². The average Bonchev–Trinajstić information content (AvgIpc) is 2.83. The molecule has 7 nitrogen and oxygen atoms in total. The molecule has 1 aliphatic rings. The second kappa shape index (κ2) is 7.85. The van der Waals surface area contributed by atoms with Gasteiger partial charge in [-0.25, -0.2) is 13.2 Å². The predicted molar refractivity (Wildman–Crippen MR) is 87.8 cm³/mol. The third kappa shape index (κ3) is 5.68. The van der Waals surface area contributed by atoms with Gasteiger partial charge in [0.2, 0.25) is 0 Å². The molecule has 0 aliphatic carbocycles. The predicted octanol–water partition coefficient (Wildman–Crippen LogP) is 0.874. The van der Waals surface area contributed by atoms with Gasteiger partial charge in [-0.1, -0.05) is 11.6 Å². The molecule has 1 amide bonds. The van der Waals surface area contributed by atoms with E-state index >= 15 is 0 Å². The summed E-state index contributed by atoms with van der Waals surface area (Å²) in [5, 5.41) is 3.09. The van der Waals surface area contributed by atoms with Crippen molar-refractivity contribution in [3.63, 3.8) is 0 Å². The number of benzene rings is 1. The minimum absolute atomic E-state index is 0.0615. The third-order valence-electron chi connectivity index (χ3n) is 3.44. The highest BCUT2D eigenvalue weighted by atomic mass is 35.5. The molecule has 24 heavy (non-hydrogen) atoms. The smallest absolute Gasteiger partial charge is 0.344 e. The molecule has 1 heterocycles. The summed E-state index contributed by atoms with van der Waals surface area (Å²) < 4.78 is 32.7. The number of sulfone groups is 1. The van der Waals surface area contributed by atoms with Crippen molar-refractivity contribution in [1.29, 1.82) is 0 Å². The van der Waals surface area contributed by atoms with Crippen LogP contribution in [-0.4, -0.2) is 51.1 Å². The van der Waals surface area contributed by atoms with E-state index in [4.69, 9.17) is 21.1 Å². The van der Waals surface area contributed by atoms with Crippen LogP contribution in [0.15, 0.2) is 18.2 Å². The standard InChI is InChI=1S/C15H18ClNO6S/c1-10-6-11(16)2-3-13(10)22-8-15(19)23-7-14(18)17-12-4-5-24(20,21)9-12/h2-3,6,12H,4-5,7-9H2,1H3,(H,17,18)/t12-/m0/s1. The second-order valence-electron chi connectivity index (χ2n) is 5.53. The van der Waals surface area contributed by atoms with Crippen molar-refractivity contribution in [2.24, 2.45) is 0 Å². The molecule has 1 aromatic carbocycles. The first-order valence-corrected chi connectivity index (χ1v) is 9.49. The van der Waals surface area contributed by atoms with Gasteiger partial charge in [0.25, 0.3) is 5.91 Å². The number of ether oxygens (including phenoxy) is 2. The number of nitrogens with one attached hydrogen (secondary N) is 1. The fourth-order valence-electron chi connectivity index (χ4n) is 2.28. The molecule has 0 aromatic heterocycles. The highest BCUT2D eigenvalue weighted by Crippen LogP contribution is 2.21. The monoisotopic (exact) mass is 375 g/mol. The lowest BCUT2D eigenvalue weighted by molar-refractivity contribution is -0.150. The van der Waals surface area contributed by atoms with Crippen molar-refractivity contribution < 1.29 is 27.5 Å². The number of hydrogen-bond donors (Lipinski definition) is 1. The van der Waals surface area contributed by atoms with Crippen molar-refractivity contribution in [2.45, 2.75) is 19.4 Å². The number of carbonyl (C=O) groups is 2. The highest BCUT2D eigenvalue weighted by Gasteiger charge is 2.29. The van der Waals surface area contributed by atoms with Crippen LogP contribution in [0.2, 0.25) is 5.02 Å². The average molecular weight is 376 g/mol.